The van der Waals surface area contributed by atoms with Crippen molar-refractivity contribution >= 4 is 50.7 Å². The summed E-state index contributed by atoms with van der Waals surface area (Å²) in [6.45, 7) is 0. The quantitative estimate of drug-likeness (QED) is 0.483. The number of carbonyl (C=O) groups excluding carboxylic acids is 2. The zero-order valence-electron chi connectivity index (χ0n) is 15.6. The van der Waals surface area contributed by atoms with Crippen LogP contribution in [0.5, 0.6) is 0 Å². The van der Waals surface area contributed by atoms with E-state index < -0.39 is 18.1 Å². The molecule has 2 saturated heterocycles. The molecule has 0 radical (unpaired) electrons. The van der Waals surface area contributed by atoms with Crippen molar-refractivity contribution in [1.29, 1.82) is 0 Å². The van der Waals surface area contributed by atoms with Crippen LogP contribution in [0.4, 0.5) is 11.4 Å². The van der Waals surface area contributed by atoms with E-state index in [9.17, 15) is 9.59 Å². The number of rotatable bonds is 3. The van der Waals surface area contributed by atoms with Gasteiger partial charge in [-0.2, -0.15) is 0 Å². The van der Waals surface area contributed by atoms with Gasteiger partial charge in [-0.15, -0.1) is 0 Å². The summed E-state index contributed by atoms with van der Waals surface area (Å²) in [5.74, 6) is -1.35. The largest absolute Gasteiger partial charge is 0.273 e. The molecule has 0 bridgehead atoms. The van der Waals surface area contributed by atoms with Gasteiger partial charge < -0.3 is 0 Å². The first-order valence-electron chi connectivity index (χ1n) is 9.44. The monoisotopic (exact) mass is 482 g/mol. The minimum atomic E-state index is -0.902. The van der Waals surface area contributed by atoms with E-state index in [1.54, 1.807) is 29.3 Å². The van der Waals surface area contributed by atoms with Gasteiger partial charge in [0.15, 0.2) is 6.10 Å². The molecular formula is C23H16BrClN2O3. The SMILES string of the molecule is O=C1C2ON(c3ccccc3)C(c3cccc(Br)c3)C2C(=O)N1c1cccc(Cl)c1. The Morgan fingerprint density at radius 2 is 1.57 bits per heavy atom. The predicted molar refractivity (Wildman–Crippen MR) is 118 cm³/mol. The molecule has 2 aliphatic heterocycles. The van der Waals surface area contributed by atoms with Crippen LogP contribution in [0.3, 0.4) is 0 Å². The zero-order chi connectivity index (χ0) is 20.8. The van der Waals surface area contributed by atoms with Crippen LogP contribution < -0.4 is 9.96 Å². The third-order valence-electron chi connectivity index (χ3n) is 5.38. The van der Waals surface area contributed by atoms with Crippen LogP contribution in [0.15, 0.2) is 83.3 Å². The highest BCUT2D eigenvalue weighted by Gasteiger charge is 2.60. The van der Waals surface area contributed by atoms with E-state index in [1.165, 1.54) is 4.90 Å². The van der Waals surface area contributed by atoms with Crippen molar-refractivity contribution in [2.45, 2.75) is 12.1 Å². The molecule has 3 aromatic rings. The molecule has 0 N–H and O–H groups in total. The van der Waals surface area contributed by atoms with E-state index in [0.717, 1.165) is 15.7 Å². The summed E-state index contributed by atoms with van der Waals surface area (Å²) in [5.41, 5.74) is 2.12. The van der Waals surface area contributed by atoms with Crippen molar-refractivity contribution < 1.29 is 14.4 Å². The molecule has 3 atom stereocenters. The second-order valence-electron chi connectivity index (χ2n) is 7.20. The first-order valence-corrected chi connectivity index (χ1v) is 10.6. The highest BCUT2D eigenvalue weighted by Crippen LogP contribution is 2.47. The number of imide groups is 1. The molecule has 5 nitrogen and oxygen atoms in total. The van der Waals surface area contributed by atoms with Crippen molar-refractivity contribution in [3.63, 3.8) is 0 Å². The second kappa shape index (κ2) is 7.54. The maximum absolute atomic E-state index is 13.5. The van der Waals surface area contributed by atoms with E-state index in [2.05, 4.69) is 15.9 Å². The summed E-state index contributed by atoms with van der Waals surface area (Å²) in [7, 11) is 0. The number of carbonyl (C=O) groups is 2. The summed E-state index contributed by atoms with van der Waals surface area (Å²) >= 11 is 9.60. The van der Waals surface area contributed by atoms with E-state index in [1.807, 2.05) is 54.6 Å². The Kier molecular flexibility index (Phi) is 4.85. The number of para-hydroxylation sites is 1. The minimum Gasteiger partial charge on any atom is -0.273 e. The molecule has 0 aliphatic carbocycles. The van der Waals surface area contributed by atoms with Crippen LogP contribution in [-0.4, -0.2) is 17.9 Å². The maximum atomic E-state index is 13.5. The molecule has 2 amide bonds. The smallest absolute Gasteiger partial charge is 0.266 e. The summed E-state index contributed by atoms with van der Waals surface area (Å²) in [6, 6.07) is 23.5. The van der Waals surface area contributed by atoms with Gasteiger partial charge in [-0.3, -0.25) is 14.4 Å². The fraction of sp³-hybridized carbons (Fsp3) is 0.130. The van der Waals surface area contributed by atoms with Gasteiger partial charge in [0.2, 0.25) is 5.91 Å². The van der Waals surface area contributed by atoms with Gasteiger partial charge in [-0.1, -0.05) is 63.9 Å². The molecule has 0 aromatic heterocycles. The molecule has 2 heterocycles. The lowest BCUT2D eigenvalue weighted by Crippen LogP contribution is -2.37. The lowest BCUT2D eigenvalue weighted by Gasteiger charge is -2.28. The Morgan fingerprint density at radius 3 is 2.30 bits per heavy atom. The van der Waals surface area contributed by atoms with E-state index in [4.69, 9.17) is 16.4 Å². The van der Waals surface area contributed by atoms with Gasteiger partial charge in [-0.25, -0.2) is 9.96 Å². The molecule has 0 saturated carbocycles. The van der Waals surface area contributed by atoms with E-state index >= 15 is 0 Å². The minimum absolute atomic E-state index is 0.296. The zero-order valence-corrected chi connectivity index (χ0v) is 18.0. The Morgan fingerprint density at radius 1 is 0.833 bits per heavy atom. The fourth-order valence-corrected chi connectivity index (χ4v) is 4.71. The second-order valence-corrected chi connectivity index (χ2v) is 8.56. The topological polar surface area (TPSA) is 49.9 Å². The molecule has 5 rings (SSSR count). The van der Waals surface area contributed by atoms with Crippen LogP contribution in [0, 0.1) is 5.92 Å². The van der Waals surface area contributed by atoms with Gasteiger partial charge in [-0.05, 0) is 48.0 Å². The number of hydrogen-bond acceptors (Lipinski definition) is 4. The first-order chi connectivity index (χ1) is 14.5. The van der Waals surface area contributed by atoms with Gasteiger partial charge in [0, 0.05) is 9.50 Å². The Bertz CT molecular complexity index is 1140. The maximum Gasteiger partial charge on any atom is 0.266 e. The van der Waals surface area contributed by atoms with Gasteiger partial charge in [0.1, 0.15) is 5.92 Å². The highest BCUT2D eigenvalue weighted by molar-refractivity contribution is 9.10. The number of nitrogens with zero attached hydrogens (tertiary/aromatic N) is 2. The third-order valence-corrected chi connectivity index (χ3v) is 6.11. The normalized spacial score (nSPS) is 23.2. The average molecular weight is 484 g/mol. The number of fused-ring (bicyclic) bond motifs is 1. The lowest BCUT2D eigenvalue weighted by molar-refractivity contribution is -0.126. The van der Waals surface area contributed by atoms with Crippen molar-refractivity contribution in [3.05, 3.63) is 93.9 Å². The lowest BCUT2D eigenvalue weighted by atomic mass is 9.90. The summed E-state index contributed by atoms with van der Waals surface area (Å²) in [5, 5.41) is 2.14. The molecular weight excluding hydrogens is 468 g/mol. The third kappa shape index (κ3) is 3.12. The van der Waals surface area contributed by atoms with E-state index in [0.29, 0.717) is 10.7 Å². The van der Waals surface area contributed by atoms with Crippen molar-refractivity contribution in [1.82, 2.24) is 0 Å². The van der Waals surface area contributed by atoms with Gasteiger partial charge in [0.25, 0.3) is 5.91 Å². The molecule has 3 aromatic carbocycles. The standard InChI is InChI=1S/C23H16BrClN2O3/c24-15-7-4-6-14(12-15)20-19-21(30-27(20)17-9-2-1-3-10-17)23(29)26(22(19)28)18-11-5-8-16(25)13-18/h1-13,19-21H. The number of hydroxylamine groups is 1. The number of halogens is 2. The number of anilines is 2. The van der Waals surface area contributed by atoms with Crippen LogP contribution in [0.25, 0.3) is 0 Å². The summed E-state index contributed by atoms with van der Waals surface area (Å²) < 4.78 is 0.889. The van der Waals surface area contributed by atoms with Crippen molar-refractivity contribution in [3.8, 4) is 0 Å². The van der Waals surface area contributed by atoms with Crippen LogP contribution >= 0.6 is 27.5 Å². The van der Waals surface area contributed by atoms with Crippen LogP contribution in [0.2, 0.25) is 5.02 Å². The van der Waals surface area contributed by atoms with Crippen molar-refractivity contribution in [2.75, 3.05) is 9.96 Å². The number of amides is 2. The van der Waals surface area contributed by atoms with Crippen LogP contribution in [-0.2, 0) is 14.4 Å². The Labute approximate surface area is 186 Å². The average Bonchev–Trinajstić information content (AvgIpc) is 3.25. The molecule has 7 heteroatoms. The molecule has 2 fully saturated rings. The van der Waals surface area contributed by atoms with Gasteiger partial charge in [0.05, 0.1) is 17.4 Å². The van der Waals surface area contributed by atoms with Crippen molar-refractivity contribution in [2.24, 2.45) is 5.92 Å². The summed E-state index contributed by atoms with van der Waals surface area (Å²) in [4.78, 5) is 34.0. The predicted octanol–water partition coefficient (Wildman–Crippen LogP) is 5.15. The van der Waals surface area contributed by atoms with Gasteiger partial charge >= 0.3 is 0 Å². The molecule has 3 unspecified atom stereocenters. The Balaban J connectivity index is 1.60. The van der Waals surface area contributed by atoms with Crippen LogP contribution in [0.1, 0.15) is 11.6 Å². The van der Waals surface area contributed by atoms with E-state index in [-0.39, 0.29) is 11.8 Å². The molecule has 2 aliphatic rings. The Hall–Kier alpha value is -2.67. The molecule has 0 spiro atoms. The first kappa shape index (κ1) is 19.3. The number of hydrogen-bond donors (Lipinski definition) is 0. The molecule has 150 valence electrons. The fourth-order valence-electron chi connectivity index (χ4n) is 4.11. The highest BCUT2D eigenvalue weighted by atomic mass is 79.9. The summed E-state index contributed by atoms with van der Waals surface area (Å²) in [6.07, 6.45) is -0.902. The molecule has 30 heavy (non-hydrogen) atoms. The number of benzene rings is 3.